The summed E-state index contributed by atoms with van der Waals surface area (Å²) in [5.41, 5.74) is 2.72. The van der Waals surface area contributed by atoms with Gasteiger partial charge in [-0.25, -0.2) is 4.99 Å². The first-order valence-corrected chi connectivity index (χ1v) is 12.9. The Morgan fingerprint density at radius 2 is 1.97 bits per heavy atom. The largest absolute Gasteiger partial charge is 0.412 e. The predicted molar refractivity (Wildman–Crippen MR) is 141 cm³/mol. The number of rotatable bonds is 6. The number of allylic oxidation sites excluding steroid dienone is 3. The fourth-order valence-corrected chi connectivity index (χ4v) is 5.86. The summed E-state index contributed by atoms with van der Waals surface area (Å²) in [6, 6.07) is 12.0. The summed E-state index contributed by atoms with van der Waals surface area (Å²) in [5.74, 6) is 1.26. The van der Waals surface area contributed by atoms with Gasteiger partial charge in [-0.2, -0.15) is 0 Å². The smallest absolute Gasteiger partial charge is 0.125 e. The van der Waals surface area contributed by atoms with Crippen molar-refractivity contribution in [1.29, 1.82) is 0 Å². The number of aliphatic imine (C=N–C) groups is 1. The molecular weight excluding hydrogens is 408 g/mol. The maximum atomic E-state index is 5.15. The lowest BCUT2D eigenvalue weighted by Gasteiger charge is -2.50. The van der Waals surface area contributed by atoms with E-state index in [1.165, 1.54) is 49.2 Å². The van der Waals surface area contributed by atoms with Gasteiger partial charge in [-0.1, -0.05) is 68.7 Å². The van der Waals surface area contributed by atoms with Crippen LogP contribution in [0.1, 0.15) is 79.1 Å². The molecule has 2 aliphatic heterocycles. The third-order valence-electron chi connectivity index (χ3n) is 7.70. The molecule has 1 spiro atoms. The van der Waals surface area contributed by atoms with Crippen LogP contribution in [0.3, 0.4) is 0 Å². The molecule has 0 amide bonds. The van der Waals surface area contributed by atoms with E-state index in [4.69, 9.17) is 4.99 Å². The van der Waals surface area contributed by atoms with Gasteiger partial charge in [0, 0.05) is 32.3 Å². The molecule has 2 heterocycles. The number of hydrogen-bond acceptors (Lipinski definition) is 4. The molecule has 3 N–H and O–H groups in total. The number of likely N-dealkylation sites (tertiary alicyclic amines) is 1. The highest BCUT2D eigenvalue weighted by Crippen LogP contribution is 2.40. The molecule has 1 aromatic rings. The van der Waals surface area contributed by atoms with Crippen molar-refractivity contribution in [3.8, 4) is 0 Å². The van der Waals surface area contributed by atoms with Gasteiger partial charge < -0.3 is 15.7 Å². The maximum absolute atomic E-state index is 5.15. The minimum absolute atomic E-state index is 0. The molecular formula is C28H46N4O. The molecule has 3 aliphatic rings. The second-order valence-corrected chi connectivity index (χ2v) is 9.87. The fourth-order valence-electron chi connectivity index (χ4n) is 5.86. The van der Waals surface area contributed by atoms with Crippen molar-refractivity contribution in [2.45, 2.75) is 96.3 Å². The van der Waals surface area contributed by atoms with Crippen molar-refractivity contribution < 1.29 is 6.90 Å². The van der Waals surface area contributed by atoms with Crippen LogP contribution in [0.4, 0.5) is 0 Å². The molecule has 5 heteroatoms. The van der Waals surface area contributed by atoms with Crippen LogP contribution in [0.2, 0.25) is 0 Å². The van der Waals surface area contributed by atoms with Gasteiger partial charge in [-0.05, 0) is 57.6 Å². The Bertz CT molecular complexity index is 834. The van der Waals surface area contributed by atoms with E-state index in [2.05, 4.69) is 84.4 Å². The minimum Gasteiger partial charge on any atom is -0.412 e. The highest BCUT2D eigenvalue weighted by atomic mass is 16.0. The molecule has 1 saturated heterocycles. The van der Waals surface area contributed by atoms with E-state index >= 15 is 0 Å². The SMILES string of the molecule is C/C=C(\C=C/CC)N1CN=C(NC2CCCCC2)C12CCN(Cc1ccccc1)C(C)C2.O.[HH]. The Hall–Kier alpha value is -2.11. The molecule has 33 heavy (non-hydrogen) atoms. The number of hydrogen-bond donors (Lipinski definition) is 1. The molecule has 0 bridgehead atoms. The molecule has 1 aliphatic carbocycles. The van der Waals surface area contributed by atoms with Crippen LogP contribution in [0, 0.1) is 0 Å². The Balaban J connectivity index is 0.00000204. The third-order valence-corrected chi connectivity index (χ3v) is 7.70. The molecule has 0 radical (unpaired) electrons. The van der Waals surface area contributed by atoms with E-state index in [9.17, 15) is 0 Å². The summed E-state index contributed by atoms with van der Waals surface area (Å²) in [4.78, 5) is 10.4. The third kappa shape index (κ3) is 5.70. The molecule has 184 valence electrons. The van der Waals surface area contributed by atoms with Gasteiger partial charge >= 0.3 is 0 Å². The van der Waals surface area contributed by atoms with Crippen LogP contribution in [-0.4, -0.2) is 51.9 Å². The van der Waals surface area contributed by atoms with Crippen molar-refractivity contribution in [3.63, 3.8) is 0 Å². The van der Waals surface area contributed by atoms with E-state index in [1.54, 1.807) is 0 Å². The van der Waals surface area contributed by atoms with Crippen LogP contribution in [0.25, 0.3) is 0 Å². The van der Waals surface area contributed by atoms with Gasteiger partial charge in [-0.3, -0.25) is 4.90 Å². The summed E-state index contributed by atoms with van der Waals surface area (Å²) in [6.07, 6.45) is 16.8. The summed E-state index contributed by atoms with van der Waals surface area (Å²) in [5, 5.41) is 3.97. The monoisotopic (exact) mass is 454 g/mol. The van der Waals surface area contributed by atoms with Gasteiger partial charge in [0.2, 0.25) is 0 Å². The molecule has 1 aromatic carbocycles. The standard InChI is InChI=1S/C28H42N4.H2O.H2/c1-4-6-17-26(5-2)32-22-29-27(30-25-15-11-8-12-16-25)28(32)18-19-31(23(3)20-28)21-24-13-9-7-10-14-24;;/h5-7,9-10,13-14,17,23,25H,4,8,11-12,15-16,18-22H2,1-3H3,(H,29,30);1H2;1H/b17-6-,26-5+;;. The van der Waals surface area contributed by atoms with E-state index in [0.29, 0.717) is 12.1 Å². The maximum Gasteiger partial charge on any atom is 0.125 e. The predicted octanol–water partition coefficient (Wildman–Crippen LogP) is 5.29. The van der Waals surface area contributed by atoms with Crippen molar-refractivity contribution in [3.05, 3.63) is 59.8 Å². The second-order valence-electron chi connectivity index (χ2n) is 9.87. The van der Waals surface area contributed by atoms with E-state index in [1.807, 2.05) is 0 Å². The molecule has 5 nitrogen and oxygen atoms in total. The molecule has 2 fully saturated rings. The first-order valence-electron chi connectivity index (χ1n) is 12.9. The van der Waals surface area contributed by atoms with Crippen LogP contribution in [0.15, 0.2) is 59.2 Å². The molecule has 1 saturated carbocycles. The van der Waals surface area contributed by atoms with Gasteiger partial charge in [-0.15, -0.1) is 0 Å². The number of amidine groups is 1. The van der Waals surface area contributed by atoms with E-state index in [-0.39, 0.29) is 12.4 Å². The van der Waals surface area contributed by atoms with Crippen LogP contribution < -0.4 is 5.32 Å². The van der Waals surface area contributed by atoms with E-state index < -0.39 is 0 Å². The van der Waals surface area contributed by atoms with Crippen molar-refractivity contribution >= 4 is 5.84 Å². The fraction of sp³-hybridized carbons (Fsp3) is 0.607. The highest BCUT2D eigenvalue weighted by Gasteiger charge is 2.50. The zero-order chi connectivity index (χ0) is 22.4. The molecule has 4 rings (SSSR count). The number of benzene rings is 1. The van der Waals surface area contributed by atoms with Crippen molar-refractivity contribution in [2.75, 3.05) is 13.2 Å². The Kier molecular flexibility index (Phi) is 9.16. The lowest BCUT2D eigenvalue weighted by molar-refractivity contribution is 0.0627. The Labute approximate surface area is 202 Å². The molecule has 2 unspecified atom stereocenters. The number of piperidine rings is 1. The van der Waals surface area contributed by atoms with Gasteiger partial charge in [0.1, 0.15) is 18.0 Å². The highest BCUT2D eigenvalue weighted by molar-refractivity contribution is 5.94. The van der Waals surface area contributed by atoms with Crippen molar-refractivity contribution in [2.24, 2.45) is 4.99 Å². The second kappa shape index (κ2) is 11.8. The first kappa shape index (κ1) is 25.5. The lowest BCUT2D eigenvalue weighted by Crippen LogP contribution is -2.62. The normalized spacial score (nSPS) is 27.1. The summed E-state index contributed by atoms with van der Waals surface area (Å²) in [7, 11) is 0. The van der Waals surface area contributed by atoms with E-state index in [0.717, 1.165) is 39.0 Å². The first-order chi connectivity index (χ1) is 15.7. The summed E-state index contributed by atoms with van der Waals surface area (Å²) in [6.45, 7) is 9.70. The Morgan fingerprint density at radius 3 is 2.64 bits per heavy atom. The van der Waals surface area contributed by atoms with Crippen LogP contribution in [-0.2, 0) is 6.54 Å². The zero-order valence-electron chi connectivity index (χ0n) is 20.9. The minimum atomic E-state index is -0.00994. The Morgan fingerprint density at radius 1 is 1.21 bits per heavy atom. The number of nitrogens with zero attached hydrogens (tertiary/aromatic N) is 3. The summed E-state index contributed by atoms with van der Waals surface area (Å²) >= 11 is 0. The van der Waals surface area contributed by atoms with Gasteiger partial charge in [0.15, 0.2) is 0 Å². The average Bonchev–Trinajstić information content (AvgIpc) is 3.15. The number of nitrogens with one attached hydrogen (secondary N) is 1. The van der Waals surface area contributed by atoms with Gasteiger partial charge in [0.05, 0.1) is 0 Å². The van der Waals surface area contributed by atoms with Gasteiger partial charge in [0.25, 0.3) is 0 Å². The van der Waals surface area contributed by atoms with Crippen LogP contribution in [0.5, 0.6) is 0 Å². The quantitative estimate of drug-likeness (QED) is 0.594. The van der Waals surface area contributed by atoms with Crippen LogP contribution >= 0.6 is 0 Å². The zero-order valence-corrected chi connectivity index (χ0v) is 20.9. The molecule has 2 atom stereocenters. The van der Waals surface area contributed by atoms with Crippen molar-refractivity contribution in [1.82, 2.24) is 15.1 Å². The average molecular weight is 455 g/mol. The topological polar surface area (TPSA) is 62.4 Å². The lowest BCUT2D eigenvalue weighted by atomic mass is 9.80. The molecule has 0 aromatic heterocycles. The summed E-state index contributed by atoms with van der Waals surface area (Å²) < 4.78 is 0.